The average molecular weight is 384 g/mol. The molecule has 0 radical (unpaired) electrons. The van der Waals surface area contributed by atoms with Crippen molar-refractivity contribution < 1.29 is 9.53 Å². The summed E-state index contributed by atoms with van der Waals surface area (Å²) in [5.41, 5.74) is 1.89. The van der Waals surface area contributed by atoms with Gasteiger partial charge in [-0.1, -0.05) is 12.5 Å². The van der Waals surface area contributed by atoms with Crippen LogP contribution < -0.4 is 0 Å². The summed E-state index contributed by atoms with van der Waals surface area (Å²) in [5, 5.41) is 1.17. The van der Waals surface area contributed by atoms with Gasteiger partial charge >= 0.3 is 0 Å². The molecule has 0 aliphatic carbocycles. The minimum atomic E-state index is 0.134. The molecule has 5 nitrogen and oxygen atoms in total. The number of hydrogen-bond acceptors (Lipinski definition) is 3. The minimum Gasteiger partial charge on any atom is -0.383 e. The van der Waals surface area contributed by atoms with E-state index in [9.17, 15) is 4.79 Å². The quantitative estimate of drug-likeness (QED) is 0.765. The Bertz CT molecular complexity index is 813. The Morgan fingerprint density at radius 1 is 1.18 bits per heavy atom. The molecule has 0 saturated carbocycles. The van der Waals surface area contributed by atoms with Gasteiger partial charge in [0, 0.05) is 50.6 Å². The van der Waals surface area contributed by atoms with E-state index in [-0.39, 0.29) is 5.91 Å². The van der Waals surface area contributed by atoms with Crippen molar-refractivity contribution in [1.82, 2.24) is 14.4 Å². The van der Waals surface area contributed by atoms with Crippen LogP contribution in [0.1, 0.15) is 42.5 Å². The normalized spacial score (nSPS) is 22.9. The van der Waals surface area contributed by atoms with Crippen molar-refractivity contribution in [1.29, 1.82) is 0 Å². The summed E-state index contributed by atoms with van der Waals surface area (Å²) < 4.78 is 7.37. The third-order valence-corrected chi connectivity index (χ3v) is 6.64. The van der Waals surface area contributed by atoms with Gasteiger partial charge in [-0.05, 0) is 68.3 Å². The first-order chi connectivity index (χ1) is 13.7. The van der Waals surface area contributed by atoms with Crippen LogP contribution in [0.2, 0.25) is 0 Å². The highest BCUT2D eigenvalue weighted by Gasteiger charge is 2.34. The highest BCUT2D eigenvalue weighted by atomic mass is 16.5. The number of nitrogens with zero attached hydrogens (tertiary/aromatic N) is 3. The van der Waals surface area contributed by atoms with Crippen LogP contribution in [0.25, 0.3) is 10.9 Å². The number of benzene rings is 1. The molecule has 2 aromatic rings. The van der Waals surface area contributed by atoms with E-state index in [1.807, 2.05) is 24.1 Å². The van der Waals surface area contributed by atoms with Crippen LogP contribution in [0.5, 0.6) is 0 Å². The monoisotopic (exact) mass is 383 g/mol. The number of carbonyl (C=O) groups excluding carboxylic acids is 1. The largest absolute Gasteiger partial charge is 0.383 e. The standard InChI is InChI=1S/C23H33N3O2/c1-24(17-20-6-5-12-25-11-4-3-7-21(20)25)23(27)19-9-8-18-10-13-26(14-15-28-2)22(18)16-19/h8-10,13,16,20-21H,3-7,11-12,14-15,17H2,1-2H3/t20-,21+/m0/s1. The van der Waals surface area contributed by atoms with Crippen LogP contribution >= 0.6 is 0 Å². The SMILES string of the molecule is COCCn1ccc2ccc(C(=O)N(C)C[C@@H]3CCCN4CCCC[C@H]34)cc21. The molecule has 2 fully saturated rings. The topological polar surface area (TPSA) is 37.7 Å². The zero-order chi connectivity index (χ0) is 19.5. The number of methoxy groups -OCH3 is 1. The van der Waals surface area contributed by atoms with Crippen LogP contribution in [-0.4, -0.2) is 66.7 Å². The molecule has 0 unspecified atom stereocenters. The van der Waals surface area contributed by atoms with Crippen molar-refractivity contribution in [3.8, 4) is 0 Å². The van der Waals surface area contributed by atoms with Gasteiger partial charge in [0.25, 0.3) is 5.91 Å². The summed E-state index contributed by atoms with van der Waals surface area (Å²) in [4.78, 5) is 17.8. The number of hydrogen-bond donors (Lipinski definition) is 0. The van der Waals surface area contributed by atoms with Crippen LogP contribution in [0, 0.1) is 5.92 Å². The predicted molar refractivity (Wildman–Crippen MR) is 113 cm³/mol. The third kappa shape index (κ3) is 3.96. The molecule has 3 heterocycles. The maximum absolute atomic E-state index is 13.1. The zero-order valence-corrected chi connectivity index (χ0v) is 17.3. The number of rotatable bonds is 6. The predicted octanol–water partition coefficient (Wildman–Crippen LogP) is 3.62. The lowest BCUT2D eigenvalue weighted by Gasteiger charge is -2.45. The average Bonchev–Trinajstić information content (AvgIpc) is 3.14. The van der Waals surface area contributed by atoms with E-state index in [0.29, 0.717) is 18.6 Å². The Morgan fingerprint density at radius 2 is 2.04 bits per heavy atom. The molecule has 2 atom stereocenters. The molecule has 1 amide bonds. The minimum absolute atomic E-state index is 0.134. The van der Waals surface area contributed by atoms with Crippen LogP contribution in [0.15, 0.2) is 30.5 Å². The summed E-state index contributed by atoms with van der Waals surface area (Å²) in [5.74, 6) is 0.742. The first kappa shape index (κ1) is 19.5. The summed E-state index contributed by atoms with van der Waals surface area (Å²) in [6, 6.07) is 8.84. The fraction of sp³-hybridized carbons (Fsp3) is 0.609. The van der Waals surface area contributed by atoms with E-state index >= 15 is 0 Å². The molecule has 4 rings (SSSR count). The molecule has 0 bridgehead atoms. The molecule has 0 N–H and O–H groups in total. The molecule has 1 aromatic carbocycles. The van der Waals surface area contributed by atoms with Crippen LogP contribution in [0.3, 0.4) is 0 Å². The number of fused-ring (bicyclic) bond motifs is 2. The lowest BCUT2D eigenvalue weighted by Crippen LogP contribution is -2.51. The molecule has 2 aliphatic rings. The van der Waals surface area contributed by atoms with E-state index in [1.165, 1.54) is 50.6 Å². The number of piperidine rings is 2. The zero-order valence-electron chi connectivity index (χ0n) is 17.3. The van der Waals surface area contributed by atoms with Gasteiger partial charge in [-0.15, -0.1) is 0 Å². The van der Waals surface area contributed by atoms with Gasteiger partial charge in [-0.25, -0.2) is 0 Å². The Balaban J connectivity index is 1.47. The maximum atomic E-state index is 13.1. The second-order valence-corrected chi connectivity index (χ2v) is 8.46. The Labute approximate surface area is 168 Å². The van der Waals surface area contributed by atoms with Gasteiger partial charge in [0.05, 0.1) is 6.61 Å². The maximum Gasteiger partial charge on any atom is 0.253 e. The lowest BCUT2D eigenvalue weighted by molar-refractivity contribution is 0.0403. The Morgan fingerprint density at radius 3 is 2.89 bits per heavy atom. The van der Waals surface area contributed by atoms with Gasteiger partial charge in [0.15, 0.2) is 0 Å². The second kappa shape index (κ2) is 8.66. The van der Waals surface area contributed by atoms with Crippen LogP contribution in [0.4, 0.5) is 0 Å². The van der Waals surface area contributed by atoms with E-state index in [2.05, 4.69) is 27.8 Å². The highest BCUT2D eigenvalue weighted by Crippen LogP contribution is 2.31. The first-order valence-corrected chi connectivity index (χ1v) is 10.7. The molecule has 1 aromatic heterocycles. The summed E-state index contributed by atoms with van der Waals surface area (Å²) in [7, 11) is 3.69. The lowest BCUT2D eigenvalue weighted by atomic mass is 9.83. The number of ether oxygens (including phenoxy) is 1. The summed E-state index contributed by atoms with van der Waals surface area (Å²) >= 11 is 0. The van der Waals surface area contributed by atoms with Gasteiger partial charge in [0.1, 0.15) is 0 Å². The first-order valence-electron chi connectivity index (χ1n) is 10.7. The van der Waals surface area contributed by atoms with E-state index in [0.717, 1.165) is 24.2 Å². The molecular weight excluding hydrogens is 350 g/mol. The van der Waals surface area contributed by atoms with Gasteiger partial charge < -0.3 is 19.1 Å². The van der Waals surface area contributed by atoms with E-state index in [1.54, 1.807) is 7.11 Å². The van der Waals surface area contributed by atoms with E-state index in [4.69, 9.17) is 4.74 Å². The number of aromatic nitrogens is 1. The molecule has 5 heteroatoms. The summed E-state index contributed by atoms with van der Waals surface area (Å²) in [6.07, 6.45) is 8.55. The fourth-order valence-electron chi connectivity index (χ4n) is 5.15. The fourth-order valence-corrected chi connectivity index (χ4v) is 5.15. The van der Waals surface area contributed by atoms with Gasteiger partial charge in [-0.2, -0.15) is 0 Å². The van der Waals surface area contributed by atoms with Crippen molar-refractivity contribution >= 4 is 16.8 Å². The number of carbonyl (C=O) groups is 1. The van der Waals surface area contributed by atoms with Crippen molar-refractivity contribution in [2.24, 2.45) is 5.92 Å². The summed E-state index contributed by atoms with van der Waals surface area (Å²) in [6.45, 7) is 4.82. The molecule has 2 saturated heterocycles. The van der Waals surface area contributed by atoms with Crippen molar-refractivity contribution in [3.63, 3.8) is 0 Å². The molecule has 28 heavy (non-hydrogen) atoms. The highest BCUT2D eigenvalue weighted by molar-refractivity contribution is 5.98. The molecule has 0 spiro atoms. The van der Waals surface area contributed by atoms with Crippen molar-refractivity contribution in [2.75, 3.05) is 40.4 Å². The number of amides is 1. The Hall–Kier alpha value is -1.85. The third-order valence-electron chi connectivity index (χ3n) is 6.64. The van der Waals surface area contributed by atoms with Crippen molar-refractivity contribution in [3.05, 3.63) is 36.0 Å². The van der Waals surface area contributed by atoms with Gasteiger partial charge in [0.2, 0.25) is 0 Å². The smallest absolute Gasteiger partial charge is 0.253 e. The van der Waals surface area contributed by atoms with Gasteiger partial charge in [-0.3, -0.25) is 4.79 Å². The molecule has 152 valence electrons. The Kier molecular flexibility index (Phi) is 6.02. The van der Waals surface area contributed by atoms with Crippen LogP contribution in [-0.2, 0) is 11.3 Å². The van der Waals surface area contributed by atoms with E-state index < -0.39 is 0 Å². The van der Waals surface area contributed by atoms with Crippen molar-refractivity contribution in [2.45, 2.75) is 44.7 Å². The molecular formula is C23H33N3O2. The molecule has 2 aliphatic heterocycles. The second-order valence-electron chi connectivity index (χ2n) is 8.46.